The van der Waals surface area contributed by atoms with Crippen LogP contribution in [0.1, 0.15) is 18.5 Å². The van der Waals surface area contributed by atoms with E-state index in [9.17, 15) is 0 Å². The van der Waals surface area contributed by atoms with E-state index in [0.717, 1.165) is 10.0 Å². The summed E-state index contributed by atoms with van der Waals surface area (Å²) in [7, 11) is 0. The van der Waals surface area contributed by atoms with Crippen molar-refractivity contribution in [1.82, 2.24) is 0 Å². The maximum Gasteiger partial charge on any atom is 0.0420 e. The molecule has 1 aromatic carbocycles. The quantitative estimate of drug-likeness (QED) is 0.794. The van der Waals surface area contributed by atoms with Crippen LogP contribution in [0.15, 0.2) is 22.7 Å². The SMILES string of the molecule is C[C@@H](N)c1cc(Cl)cc(Br)c1. The Balaban J connectivity index is 3.08. The summed E-state index contributed by atoms with van der Waals surface area (Å²) < 4.78 is 0.970. The zero-order valence-electron chi connectivity index (χ0n) is 6.14. The van der Waals surface area contributed by atoms with Crippen LogP contribution in [0.4, 0.5) is 0 Å². The highest BCUT2D eigenvalue weighted by molar-refractivity contribution is 9.10. The first kappa shape index (κ1) is 9.04. The monoisotopic (exact) mass is 233 g/mol. The van der Waals surface area contributed by atoms with Crippen LogP contribution in [-0.2, 0) is 0 Å². The Hall–Kier alpha value is -0.0500. The van der Waals surface area contributed by atoms with Crippen LogP contribution in [0.25, 0.3) is 0 Å². The van der Waals surface area contributed by atoms with E-state index >= 15 is 0 Å². The van der Waals surface area contributed by atoms with E-state index in [4.69, 9.17) is 17.3 Å². The number of benzene rings is 1. The second-order valence-electron chi connectivity index (χ2n) is 2.49. The molecule has 1 atom stereocenters. The predicted molar refractivity (Wildman–Crippen MR) is 51.8 cm³/mol. The smallest absolute Gasteiger partial charge is 0.0420 e. The van der Waals surface area contributed by atoms with Gasteiger partial charge in [-0.3, -0.25) is 0 Å². The molecule has 1 rings (SSSR count). The first-order valence-electron chi connectivity index (χ1n) is 3.31. The first-order chi connectivity index (χ1) is 5.09. The lowest BCUT2D eigenvalue weighted by atomic mass is 10.1. The van der Waals surface area contributed by atoms with Crippen LogP contribution in [0.2, 0.25) is 5.02 Å². The molecule has 2 N–H and O–H groups in total. The maximum absolute atomic E-state index is 5.81. The van der Waals surface area contributed by atoms with Crippen molar-refractivity contribution in [2.24, 2.45) is 5.73 Å². The molecular formula is C8H9BrClN. The molecule has 1 nitrogen and oxygen atoms in total. The van der Waals surface area contributed by atoms with Crippen LogP contribution in [0.5, 0.6) is 0 Å². The third-order valence-corrected chi connectivity index (χ3v) is 2.09. The number of hydrogen-bond acceptors (Lipinski definition) is 1. The lowest BCUT2D eigenvalue weighted by molar-refractivity contribution is 0.817. The third kappa shape index (κ3) is 2.47. The van der Waals surface area contributed by atoms with Gasteiger partial charge in [-0.2, -0.15) is 0 Å². The fraction of sp³-hybridized carbons (Fsp3) is 0.250. The summed E-state index contributed by atoms with van der Waals surface area (Å²) in [6, 6.07) is 5.71. The van der Waals surface area contributed by atoms with Gasteiger partial charge in [-0.25, -0.2) is 0 Å². The Labute approximate surface area is 79.7 Å². The molecule has 0 spiro atoms. The predicted octanol–water partition coefficient (Wildman–Crippen LogP) is 3.12. The van der Waals surface area contributed by atoms with Crippen molar-refractivity contribution >= 4 is 27.5 Å². The molecule has 3 heteroatoms. The average molecular weight is 235 g/mol. The van der Waals surface area contributed by atoms with Crippen molar-refractivity contribution in [1.29, 1.82) is 0 Å². The van der Waals surface area contributed by atoms with Crippen LogP contribution >= 0.6 is 27.5 Å². The van der Waals surface area contributed by atoms with Gasteiger partial charge in [-0.15, -0.1) is 0 Å². The van der Waals surface area contributed by atoms with Crippen molar-refractivity contribution in [2.45, 2.75) is 13.0 Å². The Morgan fingerprint density at radius 1 is 1.45 bits per heavy atom. The van der Waals surface area contributed by atoms with Gasteiger partial charge in [0.25, 0.3) is 0 Å². The topological polar surface area (TPSA) is 26.0 Å². The van der Waals surface area contributed by atoms with Gasteiger partial charge in [-0.05, 0) is 30.7 Å². The van der Waals surface area contributed by atoms with E-state index in [1.54, 1.807) is 0 Å². The van der Waals surface area contributed by atoms with Gasteiger partial charge in [0.1, 0.15) is 0 Å². The van der Waals surface area contributed by atoms with E-state index in [2.05, 4.69) is 15.9 Å². The molecular weight excluding hydrogens is 225 g/mol. The molecule has 0 aromatic heterocycles. The molecule has 0 heterocycles. The van der Waals surface area contributed by atoms with E-state index in [1.165, 1.54) is 0 Å². The number of halogens is 2. The van der Waals surface area contributed by atoms with E-state index in [-0.39, 0.29) is 6.04 Å². The van der Waals surface area contributed by atoms with Crippen molar-refractivity contribution < 1.29 is 0 Å². The molecule has 0 unspecified atom stereocenters. The third-order valence-electron chi connectivity index (χ3n) is 1.41. The summed E-state index contributed by atoms with van der Waals surface area (Å²) in [6.45, 7) is 1.93. The highest BCUT2D eigenvalue weighted by atomic mass is 79.9. The Morgan fingerprint density at radius 2 is 2.09 bits per heavy atom. The summed E-state index contributed by atoms with van der Waals surface area (Å²) >= 11 is 9.15. The van der Waals surface area contributed by atoms with E-state index in [1.807, 2.05) is 25.1 Å². The minimum absolute atomic E-state index is 0.0324. The van der Waals surface area contributed by atoms with Gasteiger partial charge >= 0.3 is 0 Å². The standard InChI is InChI=1S/C8H9BrClN/c1-5(11)6-2-7(9)4-8(10)3-6/h2-5H,11H2,1H3/t5-/m1/s1. The van der Waals surface area contributed by atoms with Crippen LogP contribution in [-0.4, -0.2) is 0 Å². The maximum atomic E-state index is 5.81. The van der Waals surface area contributed by atoms with Crippen molar-refractivity contribution in [2.75, 3.05) is 0 Å². The minimum atomic E-state index is 0.0324. The van der Waals surface area contributed by atoms with Gasteiger partial charge in [0.05, 0.1) is 0 Å². The zero-order valence-corrected chi connectivity index (χ0v) is 8.48. The largest absolute Gasteiger partial charge is 0.324 e. The minimum Gasteiger partial charge on any atom is -0.324 e. The second-order valence-corrected chi connectivity index (χ2v) is 3.84. The fourth-order valence-corrected chi connectivity index (χ4v) is 1.72. The van der Waals surface area contributed by atoms with Gasteiger partial charge < -0.3 is 5.73 Å². The average Bonchev–Trinajstić information content (AvgIpc) is 1.85. The Bertz CT molecular complexity index is 240. The van der Waals surface area contributed by atoms with E-state index < -0.39 is 0 Å². The summed E-state index contributed by atoms with van der Waals surface area (Å²) in [5.41, 5.74) is 6.72. The highest BCUT2D eigenvalue weighted by Gasteiger charge is 2.01. The van der Waals surface area contributed by atoms with Gasteiger partial charge in [0.2, 0.25) is 0 Å². The summed E-state index contributed by atoms with van der Waals surface area (Å²) in [4.78, 5) is 0. The lowest BCUT2D eigenvalue weighted by Gasteiger charge is -2.05. The highest BCUT2D eigenvalue weighted by Crippen LogP contribution is 2.22. The van der Waals surface area contributed by atoms with Crippen LogP contribution in [0.3, 0.4) is 0 Å². The molecule has 0 radical (unpaired) electrons. The summed E-state index contributed by atoms with van der Waals surface area (Å²) in [5, 5.41) is 0.715. The van der Waals surface area contributed by atoms with Crippen LogP contribution in [0, 0.1) is 0 Å². The first-order valence-corrected chi connectivity index (χ1v) is 4.48. The lowest BCUT2D eigenvalue weighted by Crippen LogP contribution is -2.04. The van der Waals surface area contributed by atoms with Crippen molar-refractivity contribution in [3.8, 4) is 0 Å². The molecule has 1 aromatic rings. The molecule has 0 aliphatic carbocycles. The Kier molecular flexibility index (Phi) is 2.93. The van der Waals surface area contributed by atoms with Gasteiger partial charge in [0, 0.05) is 15.5 Å². The molecule has 0 saturated carbocycles. The van der Waals surface area contributed by atoms with Crippen molar-refractivity contribution in [3.63, 3.8) is 0 Å². The second kappa shape index (κ2) is 3.57. The molecule has 0 bridgehead atoms. The molecule has 0 amide bonds. The molecule has 11 heavy (non-hydrogen) atoms. The van der Waals surface area contributed by atoms with Crippen molar-refractivity contribution in [3.05, 3.63) is 33.3 Å². The fourth-order valence-electron chi connectivity index (χ4n) is 0.838. The molecule has 0 aliphatic rings. The summed E-state index contributed by atoms with van der Waals surface area (Å²) in [6.07, 6.45) is 0. The van der Waals surface area contributed by atoms with Gasteiger partial charge in [-0.1, -0.05) is 27.5 Å². The number of nitrogens with two attached hydrogens (primary N) is 1. The number of rotatable bonds is 1. The Morgan fingerprint density at radius 3 is 2.55 bits per heavy atom. The number of hydrogen-bond donors (Lipinski definition) is 1. The van der Waals surface area contributed by atoms with Gasteiger partial charge in [0.15, 0.2) is 0 Å². The molecule has 0 fully saturated rings. The summed E-state index contributed by atoms with van der Waals surface area (Å²) in [5.74, 6) is 0. The molecule has 60 valence electrons. The van der Waals surface area contributed by atoms with E-state index in [0.29, 0.717) is 5.02 Å². The molecule has 0 saturated heterocycles. The normalized spacial score (nSPS) is 13.1. The molecule has 0 aliphatic heterocycles. The van der Waals surface area contributed by atoms with Crippen LogP contribution < -0.4 is 5.73 Å². The zero-order chi connectivity index (χ0) is 8.43.